The van der Waals surface area contributed by atoms with Crippen molar-refractivity contribution in [2.24, 2.45) is 0 Å². The topological polar surface area (TPSA) is 76.1 Å². The van der Waals surface area contributed by atoms with Crippen molar-refractivity contribution in [3.05, 3.63) is 23.0 Å². The molecule has 0 saturated carbocycles. The molecule has 0 aliphatic carbocycles. The Kier molecular flexibility index (Phi) is 2.67. The van der Waals surface area contributed by atoms with Crippen LogP contribution in [0.5, 0.6) is 0 Å². The molecule has 5 nitrogen and oxygen atoms in total. The smallest absolute Gasteiger partial charge is 0.266 e. The second kappa shape index (κ2) is 3.43. The molecule has 1 N–H and O–H groups in total. The van der Waals surface area contributed by atoms with Crippen molar-refractivity contribution in [3.8, 4) is 0 Å². The molecule has 0 aliphatic heterocycles. The fourth-order valence-electron chi connectivity index (χ4n) is 0.636. The van der Waals surface area contributed by atoms with Gasteiger partial charge in [-0.15, -0.1) is 11.3 Å². The lowest BCUT2D eigenvalue weighted by Gasteiger charge is -1.97. The Morgan fingerprint density at radius 2 is 2.31 bits per heavy atom. The maximum atomic E-state index is 11.1. The van der Waals surface area contributed by atoms with E-state index in [1.54, 1.807) is 4.72 Å². The number of hydrogen-bond acceptors (Lipinski definition) is 5. The summed E-state index contributed by atoms with van der Waals surface area (Å²) in [6, 6.07) is 0. The van der Waals surface area contributed by atoms with Gasteiger partial charge in [0.2, 0.25) is 10.0 Å². The van der Waals surface area contributed by atoms with Crippen LogP contribution < -0.4 is 4.72 Å². The maximum Gasteiger partial charge on any atom is 0.284 e. The van der Waals surface area contributed by atoms with Crippen molar-refractivity contribution in [2.75, 3.05) is 6.26 Å². The third-order valence-corrected chi connectivity index (χ3v) is 2.32. The van der Waals surface area contributed by atoms with Gasteiger partial charge < -0.3 is 0 Å². The fourth-order valence-corrected chi connectivity index (χ4v) is 1.64. The standard InChI is InChI=1S/C6H7N2O3S2/c1-4-7-5(3-12-4)6(9)8-13(2,10)11/h3H,1H2,2H3,(H,8,9). The lowest BCUT2D eigenvalue weighted by atomic mass is 10.5. The molecule has 0 saturated heterocycles. The number of carbonyl (C=O) groups is 1. The van der Waals surface area contributed by atoms with E-state index in [4.69, 9.17) is 0 Å². The molecular formula is C6H7N2O3S2. The zero-order chi connectivity index (χ0) is 10.1. The van der Waals surface area contributed by atoms with E-state index in [9.17, 15) is 13.2 Å². The third kappa shape index (κ3) is 3.11. The Bertz CT molecular complexity index is 421. The lowest BCUT2D eigenvalue weighted by Crippen LogP contribution is -2.29. The van der Waals surface area contributed by atoms with Gasteiger partial charge in [-0.25, -0.2) is 18.1 Å². The number of carbonyl (C=O) groups excluding carboxylic acids is 1. The second-order valence-corrected chi connectivity index (χ2v) is 5.02. The van der Waals surface area contributed by atoms with Crippen LogP contribution in [0, 0.1) is 6.92 Å². The van der Waals surface area contributed by atoms with Crippen LogP contribution in [0.2, 0.25) is 0 Å². The minimum Gasteiger partial charge on any atom is -0.266 e. The lowest BCUT2D eigenvalue weighted by molar-refractivity contribution is 0.0977. The van der Waals surface area contributed by atoms with Gasteiger partial charge in [-0.05, 0) is 0 Å². The van der Waals surface area contributed by atoms with Crippen molar-refractivity contribution in [1.29, 1.82) is 0 Å². The van der Waals surface area contributed by atoms with Gasteiger partial charge in [0.25, 0.3) is 5.91 Å². The minimum absolute atomic E-state index is 0.0698. The molecule has 0 spiro atoms. The molecule has 1 heterocycles. The van der Waals surface area contributed by atoms with Crippen molar-refractivity contribution < 1.29 is 13.2 Å². The molecule has 0 bridgehead atoms. The van der Waals surface area contributed by atoms with Gasteiger partial charge in [0.15, 0.2) is 0 Å². The highest BCUT2D eigenvalue weighted by molar-refractivity contribution is 7.89. The molecule has 71 valence electrons. The fraction of sp³-hybridized carbons (Fsp3) is 0.167. The monoisotopic (exact) mass is 219 g/mol. The van der Waals surface area contributed by atoms with Gasteiger partial charge in [0, 0.05) is 12.3 Å². The van der Waals surface area contributed by atoms with Crippen LogP contribution in [-0.2, 0) is 10.0 Å². The Morgan fingerprint density at radius 3 is 2.69 bits per heavy atom. The number of hydrogen-bond donors (Lipinski definition) is 1. The molecule has 0 unspecified atom stereocenters. The average molecular weight is 219 g/mol. The molecule has 1 rings (SSSR count). The molecule has 1 aromatic rings. The van der Waals surface area contributed by atoms with E-state index in [1.807, 2.05) is 0 Å². The number of amides is 1. The van der Waals surface area contributed by atoms with E-state index >= 15 is 0 Å². The summed E-state index contributed by atoms with van der Waals surface area (Å²) in [5.41, 5.74) is 0.0698. The molecule has 0 aromatic carbocycles. The first kappa shape index (κ1) is 10.1. The highest BCUT2D eigenvalue weighted by Crippen LogP contribution is 2.07. The number of sulfonamides is 1. The van der Waals surface area contributed by atoms with E-state index in [-0.39, 0.29) is 5.69 Å². The van der Waals surface area contributed by atoms with Crippen molar-refractivity contribution in [3.63, 3.8) is 0 Å². The molecule has 1 radical (unpaired) electrons. The van der Waals surface area contributed by atoms with Crippen molar-refractivity contribution in [2.45, 2.75) is 0 Å². The van der Waals surface area contributed by atoms with Gasteiger partial charge >= 0.3 is 0 Å². The number of thiazole rings is 1. The molecule has 1 aromatic heterocycles. The van der Waals surface area contributed by atoms with E-state index < -0.39 is 15.9 Å². The summed E-state index contributed by atoms with van der Waals surface area (Å²) in [6.07, 6.45) is 0.905. The largest absolute Gasteiger partial charge is 0.284 e. The molecule has 13 heavy (non-hydrogen) atoms. The van der Waals surface area contributed by atoms with Crippen LogP contribution in [0.3, 0.4) is 0 Å². The molecule has 0 fully saturated rings. The number of nitrogens with one attached hydrogen (secondary N) is 1. The number of nitrogens with zero attached hydrogens (tertiary/aromatic N) is 1. The van der Waals surface area contributed by atoms with Gasteiger partial charge in [-0.3, -0.25) is 4.79 Å². The summed E-state index contributed by atoms with van der Waals surface area (Å²) in [5.74, 6) is -0.728. The van der Waals surface area contributed by atoms with Crippen LogP contribution in [-0.4, -0.2) is 25.6 Å². The highest BCUT2D eigenvalue weighted by Gasteiger charge is 2.13. The maximum absolute atomic E-state index is 11.1. The summed E-state index contributed by atoms with van der Waals surface area (Å²) >= 11 is 1.18. The summed E-state index contributed by atoms with van der Waals surface area (Å²) in [7, 11) is -3.52. The van der Waals surface area contributed by atoms with Gasteiger partial charge in [0.05, 0.1) is 11.3 Å². The van der Waals surface area contributed by atoms with E-state index in [1.165, 1.54) is 16.7 Å². The van der Waals surface area contributed by atoms with E-state index in [2.05, 4.69) is 11.9 Å². The van der Waals surface area contributed by atoms with Crippen LogP contribution in [0.4, 0.5) is 0 Å². The first-order chi connectivity index (χ1) is 5.88. The van der Waals surface area contributed by atoms with Crippen LogP contribution in [0.25, 0.3) is 0 Å². The Labute approximate surface area is 79.9 Å². The molecule has 1 amide bonds. The molecular weight excluding hydrogens is 212 g/mol. The van der Waals surface area contributed by atoms with Crippen LogP contribution >= 0.6 is 11.3 Å². The highest BCUT2D eigenvalue weighted by atomic mass is 32.2. The Morgan fingerprint density at radius 1 is 1.69 bits per heavy atom. The Hall–Kier alpha value is -0.950. The van der Waals surface area contributed by atoms with Crippen LogP contribution in [0.15, 0.2) is 5.38 Å². The summed E-state index contributed by atoms with van der Waals surface area (Å²) in [4.78, 5) is 14.8. The minimum atomic E-state index is -3.52. The Balaban J connectivity index is 2.81. The van der Waals surface area contributed by atoms with E-state index in [0.29, 0.717) is 5.01 Å². The normalized spacial score (nSPS) is 11.2. The average Bonchev–Trinajstić information content (AvgIpc) is 2.31. The third-order valence-electron chi connectivity index (χ3n) is 1.06. The molecule has 0 atom stereocenters. The quantitative estimate of drug-likeness (QED) is 0.760. The van der Waals surface area contributed by atoms with Gasteiger partial charge in [-0.1, -0.05) is 0 Å². The van der Waals surface area contributed by atoms with Crippen LogP contribution in [0.1, 0.15) is 15.5 Å². The van der Waals surface area contributed by atoms with E-state index in [0.717, 1.165) is 6.26 Å². The van der Waals surface area contributed by atoms with Crippen molar-refractivity contribution in [1.82, 2.24) is 9.71 Å². The molecule has 7 heteroatoms. The summed E-state index contributed by atoms with van der Waals surface area (Å²) in [6.45, 7) is 3.50. The van der Waals surface area contributed by atoms with Gasteiger partial charge in [0.1, 0.15) is 5.69 Å². The zero-order valence-electron chi connectivity index (χ0n) is 6.77. The summed E-state index contributed by atoms with van der Waals surface area (Å²) in [5, 5.41) is 1.92. The molecule has 0 aliphatic rings. The second-order valence-electron chi connectivity index (χ2n) is 2.33. The van der Waals surface area contributed by atoms with Gasteiger partial charge in [-0.2, -0.15) is 0 Å². The first-order valence-electron chi connectivity index (χ1n) is 3.18. The predicted octanol–water partition coefficient (Wildman–Crippen LogP) is 0.0147. The van der Waals surface area contributed by atoms with Crippen molar-refractivity contribution >= 4 is 27.3 Å². The zero-order valence-corrected chi connectivity index (χ0v) is 8.41. The SMILES string of the molecule is [CH2]c1nc(C(=O)NS(C)(=O)=O)cs1. The summed E-state index contributed by atoms with van der Waals surface area (Å²) < 4.78 is 23.1. The first-order valence-corrected chi connectivity index (χ1v) is 5.95. The number of aromatic nitrogens is 1. The predicted molar refractivity (Wildman–Crippen MR) is 48.9 cm³/mol. The number of rotatable bonds is 2.